The zero-order valence-electron chi connectivity index (χ0n) is 13.6. The third-order valence-corrected chi connectivity index (χ3v) is 4.25. The van der Waals surface area contributed by atoms with E-state index in [1.165, 1.54) is 0 Å². The number of unbranched alkanes of at least 4 members (excludes halogenated alkanes) is 4. The van der Waals surface area contributed by atoms with Crippen LogP contribution in [0.15, 0.2) is 29.4 Å². The van der Waals surface area contributed by atoms with Crippen molar-refractivity contribution < 1.29 is 14.8 Å². The molecule has 2 rings (SSSR count). The molecule has 1 unspecified atom stereocenters. The molecule has 7 nitrogen and oxygen atoms in total. The number of nitrogens with one attached hydrogen (secondary N) is 1. The third kappa shape index (κ3) is 4.46. The number of amides is 2. The van der Waals surface area contributed by atoms with Gasteiger partial charge in [-0.15, -0.1) is 0 Å². The Morgan fingerprint density at radius 1 is 1.00 bits per heavy atom. The number of carbonyl (C=O) groups excluding carboxylic acids is 2. The number of rotatable bonds is 11. The maximum absolute atomic E-state index is 12.3. The van der Waals surface area contributed by atoms with E-state index in [-0.39, 0.29) is 18.4 Å². The molecule has 7 heteroatoms. The number of carbonyl (C=O) groups is 2. The molecule has 0 aliphatic carbocycles. The summed E-state index contributed by atoms with van der Waals surface area (Å²) >= 11 is 0. The molecule has 0 fully saturated rings. The van der Waals surface area contributed by atoms with Crippen LogP contribution in [0.5, 0.6) is 0 Å². The minimum absolute atomic E-state index is 0.0459. The molecule has 0 aromatic heterocycles. The van der Waals surface area contributed by atoms with E-state index in [1.807, 2.05) is 0 Å². The van der Waals surface area contributed by atoms with E-state index in [2.05, 4.69) is 10.7 Å². The highest BCUT2D eigenvalue weighted by molar-refractivity contribution is 6.21. The van der Waals surface area contributed by atoms with Crippen LogP contribution in [-0.2, 0) is 0 Å². The lowest BCUT2D eigenvalue weighted by Crippen LogP contribution is -2.36. The molecule has 2 amide bonds. The molecular formula is C17H23N3O4. The van der Waals surface area contributed by atoms with Gasteiger partial charge >= 0.3 is 0 Å². The monoisotopic (exact) mass is 333 g/mol. The summed E-state index contributed by atoms with van der Waals surface area (Å²) in [5, 5.41) is 11.6. The average Bonchev–Trinajstić information content (AvgIpc) is 2.85. The van der Waals surface area contributed by atoms with Crippen molar-refractivity contribution in [3.63, 3.8) is 0 Å². The lowest BCUT2D eigenvalue weighted by Gasteiger charge is -2.17. The summed E-state index contributed by atoms with van der Waals surface area (Å²) in [7, 11) is 0. The van der Waals surface area contributed by atoms with Crippen LogP contribution in [-0.4, -0.2) is 41.1 Å². The number of benzene rings is 1. The lowest BCUT2D eigenvalue weighted by molar-refractivity contribution is 0.0643. The predicted octanol–water partition coefficient (Wildman–Crippen LogP) is 2.74. The Labute approximate surface area is 141 Å². The van der Waals surface area contributed by atoms with Crippen molar-refractivity contribution in [3.05, 3.63) is 40.3 Å². The molecule has 2 N–H and O–H groups in total. The Morgan fingerprint density at radius 3 is 2.17 bits per heavy atom. The summed E-state index contributed by atoms with van der Waals surface area (Å²) in [4.78, 5) is 36.7. The Morgan fingerprint density at radius 2 is 1.58 bits per heavy atom. The Bertz CT molecular complexity index is 556. The maximum atomic E-state index is 12.3. The topological polar surface area (TPSA) is 99.1 Å². The summed E-state index contributed by atoms with van der Waals surface area (Å²) in [6.07, 6.45) is 5.27. The number of imide groups is 1. The van der Waals surface area contributed by atoms with Gasteiger partial charge in [0.1, 0.15) is 6.04 Å². The summed E-state index contributed by atoms with van der Waals surface area (Å²) in [6.45, 7) is 0.628. The molecule has 0 spiro atoms. The molecule has 0 saturated carbocycles. The molecule has 1 aliphatic rings. The molecule has 0 saturated heterocycles. The van der Waals surface area contributed by atoms with Crippen molar-refractivity contribution in [2.24, 2.45) is 5.18 Å². The molecule has 0 bridgehead atoms. The van der Waals surface area contributed by atoms with Crippen molar-refractivity contribution in [2.45, 2.75) is 44.6 Å². The summed E-state index contributed by atoms with van der Waals surface area (Å²) in [6, 6.07) is 6.12. The molecule has 1 atom stereocenters. The average molecular weight is 333 g/mol. The maximum Gasteiger partial charge on any atom is 0.261 e. The zero-order valence-corrected chi connectivity index (χ0v) is 13.6. The van der Waals surface area contributed by atoms with Crippen LogP contribution in [0.25, 0.3) is 0 Å². The smallest absolute Gasteiger partial charge is 0.261 e. The Balaban J connectivity index is 1.78. The van der Waals surface area contributed by atoms with Gasteiger partial charge in [0.15, 0.2) is 0 Å². The van der Waals surface area contributed by atoms with E-state index in [0.717, 1.165) is 37.0 Å². The van der Waals surface area contributed by atoms with Gasteiger partial charge in [0.2, 0.25) is 0 Å². The van der Waals surface area contributed by atoms with Gasteiger partial charge in [0.25, 0.3) is 11.8 Å². The van der Waals surface area contributed by atoms with Crippen LogP contribution in [0, 0.1) is 4.91 Å². The van der Waals surface area contributed by atoms with Crippen molar-refractivity contribution in [2.75, 3.05) is 13.1 Å². The Hall–Kier alpha value is -2.12. The van der Waals surface area contributed by atoms with Crippen molar-refractivity contribution in [1.82, 2.24) is 10.4 Å². The zero-order chi connectivity index (χ0) is 17.4. The van der Waals surface area contributed by atoms with Crippen molar-refractivity contribution >= 4 is 11.8 Å². The fourth-order valence-corrected chi connectivity index (χ4v) is 2.91. The Kier molecular flexibility index (Phi) is 7.02. The van der Waals surface area contributed by atoms with Crippen LogP contribution < -0.4 is 5.48 Å². The first kappa shape index (κ1) is 18.2. The first-order valence-electron chi connectivity index (χ1n) is 8.33. The molecular weight excluding hydrogens is 310 g/mol. The highest BCUT2D eigenvalue weighted by Crippen LogP contribution is 2.23. The second-order valence-electron chi connectivity index (χ2n) is 5.99. The molecule has 0 radical (unpaired) electrons. The molecule has 24 heavy (non-hydrogen) atoms. The van der Waals surface area contributed by atoms with Gasteiger partial charge in [0.05, 0.1) is 17.7 Å². The fraction of sp³-hybridized carbons (Fsp3) is 0.529. The van der Waals surface area contributed by atoms with E-state index >= 15 is 0 Å². The van der Waals surface area contributed by atoms with Gasteiger partial charge in [-0.05, 0) is 25.0 Å². The number of nitroso groups, excluding NO2 is 1. The summed E-state index contributed by atoms with van der Waals surface area (Å²) < 4.78 is 0. The predicted molar refractivity (Wildman–Crippen MR) is 88.9 cm³/mol. The number of fused-ring (bicyclic) bond motifs is 1. The van der Waals surface area contributed by atoms with Gasteiger partial charge in [-0.2, -0.15) is 4.91 Å². The quantitative estimate of drug-likeness (QED) is 0.281. The van der Waals surface area contributed by atoms with E-state index in [0.29, 0.717) is 24.1 Å². The second kappa shape index (κ2) is 9.24. The van der Waals surface area contributed by atoms with Crippen LogP contribution >= 0.6 is 0 Å². The molecule has 1 heterocycles. The van der Waals surface area contributed by atoms with Gasteiger partial charge in [-0.1, -0.05) is 43.0 Å². The lowest BCUT2D eigenvalue weighted by atomic mass is 10.1. The SMILES string of the molecule is O=NC(CCCCCCCNO)CN1C(=O)c2ccccc2C1=O. The minimum Gasteiger partial charge on any atom is -0.317 e. The van der Waals surface area contributed by atoms with Crippen molar-refractivity contribution in [3.8, 4) is 0 Å². The summed E-state index contributed by atoms with van der Waals surface area (Å²) in [5.41, 5.74) is 2.90. The van der Waals surface area contributed by atoms with Crippen LogP contribution in [0.1, 0.15) is 59.2 Å². The number of hydrogen-bond acceptors (Lipinski definition) is 6. The van der Waals surface area contributed by atoms with Gasteiger partial charge < -0.3 is 5.21 Å². The van der Waals surface area contributed by atoms with Crippen molar-refractivity contribution in [1.29, 1.82) is 0 Å². The molecule has 1 aromatic carbocycles. The van der Waals surface area contributed by atoms with Crippen LogP contribution in [0.3, 0.4) is 0 Å². The molecule has 130 valence electrons. The highest BCUT2D eigenvalue weighted by Gasteiger charge is 2.36. The van der Waals surface area contributed by atoms with Gasteiger partial charge in [-0.25, -0.2) is 5.48 Å². The molecule has 1 aliphatic heterocycles. The molecule has 1 aromatic rings. The number of hydroxylamine groups is 1. The van der Waals surface area contributed by atoms with Crippen LogP contribution in [0.4, 0.5) is 0 Å². The second-order valence-corrected chi connectivity index (χ2v) is 5.99. The minimum atomic E-state index is -0.564. The van der Waals surface area contributed by atoms with Gasteiger partial charge in [-0.3, -0.25) is 14.5 Å². The number of nitrogens with zero attached hydrogens (tertiary/aromatic N) is 2. The van der Waals surface area contributed by atoms with E-state index in [1.54, 1.807) is 24.3 Å². The normalized spacial score (nSPS) is 14.8. The van der Waals surface area contributed by atoms with E-state index in [9.17, 15) is 14.5 Å². The standard InChI is InChI=1S/C17H23N3O4/c21-16-14-9-5-6-10-15(14)17(22)20(16)12-13(19-24)8-4-2-1-3-7-11-18-23/h5-6,9-10,13,18,23H,1-4,7-8,11-12H2. The first-order chi connectivity index (χ1) is 11.7. The summed E-state index contributed by atoms with van der Waals surface area (Å²) in [5.74, 6) is -0.693. The van der Waals surface area contributed by atoms with E-state index < -0.39 is 6.04 Å². The van der Waals surface area contributed by atoms with Gasteiger partial charge in [0, 0.05) is 6.54 Å². The first-order valence-corrected chi connectivity index (χ1v) is 8.33. The van der Waals surface area contributed by atoms with Crippen LogP contribution in [0.2, 0.25) is 0 Å². The van der Waals surface area contributed by atoms with E-state index in [4.69, 9.17) is 5.21 Å². The number of hydrogen-bond donors (Lipinski definition) is 2. The largest absolute Gasteiger partial charge is 0.317 e. The fourth-order valence-electron chi connectivity index (χ4n) is 2.91. The highest BCUT2D eigenvalue weighted by atomic mass is 16.5. The third-order valence-electron chi connectivity index (χ3n) is 4.25.